The number of likely N-dealkylation sites (tertiary alicyclic amines) is 1. The van der Waals surface area contributed by atoms with Crippen LogP contribution < -0.4 is 0 Å². The molecule has 2 heterocycles. The number of halogens is 1. The van der Waals surface area contributed by atoms with Gasteiger partial charge in [-0.25, -0.2) is 0 Å². The molecule has 3 rings (SSSR count). The first-order valence-corrected chi connectivity index (χ1v) is 12.5. The number of unbranched alkanes of at least 4 members (excludes halogenated alkanes) is 2. The van der Waals surface area contributed by atoms with E-state index in [0.717, 1.165) is 51.7 Å². The number of carbonyl (C=O) groups is 2. The van der Waals surface area contributed by atoms with Gasteiger partial charge in [-0.05, 0) is 74.8 Å². The number of aliphatic hydroxyl groups excluding tert-OH is 1. The number of pyridine rings is 1. The summed E-state index contributed by atoms with van der Waals surface area (Å²) in [6, 6.07) is 9.51. The largest absolute Gasteiger partial charge is 0.507 e. The van der Waals surface area contributed by atoms with Gasteiger partial charge in [0.2, 0.25) is 0 Å². The third-order valence-corrected chi connectivity index (χ3v) is 6.44. The number of amides is 1. The van der Waals surface area contributed by atoms with E-state index in [1.807, 2.05) is 6.07 Å². The topological polar surface area (TPSA) is 73.7 Å². The molecule has 0 aliphatic carbocycles. The first kappa shape index (κ1) is 25.9. The molecule has 182 valence electrons. The number of ketones is 1. The second-order valence-corrected chi connectivity index (χ2v) is 9.12. The molecule has 1 aliphatic heterocycles. The molecule has 2 aromatic rings. The number of hydrogen-bond donors (Lipinski definition) is 1. The number of carbonyl (C=O) groups excluding carboxylic acids is 2. The predicted octanol–water partition coefficient (Wildman–Crippen LogP) is 5.45. The highest BCUT2D eigenvalue weighted by Crippen LogP contribution is 2.39. The quantitative estimate of drug-likeness (QED) is 0.247. The average Bonchev–Trinajstić information content (AvgIpc) is 3.11. The molecular formula is C27H34ClN3O3. The fraction of sp³-hybridized carbons (Fsp3) is 0.444. The van der Waals surface area contributed by atoms with Crippen molar-refractivity contribution >= 4 is 29.1 Å². The van der Waals surface area contributed by atoms with Crippen LogP contribution in [0.5, 0.6) is 0 Å². The molecule has 1 unspecified atom stereocenters. The van der Waals surface area contributed by atoms with Gasteiger partial charge in [-0.15, -0.1) is 0 Å². The SMILES string of the molecule is CCCCN(CCCC)CCCN1C(=O)C(=O)C(=C(O)c2ccc(Cl)cc2)C1c1cccnc1. The van der Waals surface area contributed by atoms with Crippen LogP contribution in [0, 0.1) is 0 Å². The fourth-order valence-corrected chi connectivity index (χ4v) is 4.45. The highest BCUT2D eigenvalue weighted by atomic mass is 35.5. The molecular weight excluding hydrogens is 450 g/mol. The van der Waals surface area contributed by atoms with Crippen LogP contribution >= 0.6 is 11.6 Å². The Morgan fingerprint density at radius 3 is 2.26 bits per heavy atom. The zero-order chi connectivity index (χ0) is 24.5. The molecule has 1 aromatic carbocycles. The summed E-state index contributed by atoms with van der Waals surface area (Å²) in [5.74, 6) is -1.45. The lowest BCUT2D eigenvalue weighted by Gasteiger charge is -2.27. The van der Waals surface area contributed by atoms with Crippen molar-refractivity contribution in [3.63, 3.8) is 0 Å². The van der Waals surface area contributed by atoms with Crippen molar-refractivity contribution in [2.45, 2.75) is 52.0 Å². The monoisotopic (exact) mass is 483 g/mol. The summed E-state index contributed by atoms with van der Waals surface area (Å²) in [5, 5.41) is 11.6. The number of hydrogen-bond acceptors (Lipinski definition) is 5. The fourth-order valence-electron chi connectivity index (χ4n) is 4.32. The Bertz CT molecular complexity index is 984. The highest BCUT2D eigenvalue weighted by molar-refractivity contribution is 6.46. The maximum Gasteiger partial charge on any atom is 0.295 e. The van der Waals surface area contributed by atoms with E-state index in [9.17, 15) is 14.7 Å². The van der Waals surface area contributed by atoms with Gasteiger partial charge in [-0.1, -0.05) is 44.4 Å². The summed E-state index contributed by atoms with van der Waals surface area (Å²) in [5.41, 5.74) is 1.24. The van der Waals surface area contributed by atoms with E-state index in [1.54, 1.807) is 47.6 Å². The van der Waals surface area contributed by atoms with Gasteiger partial charge >= 0.3 is 0 Å². The molecule has 1 aliphatic rings. The third kappa shape index (κ3) is 6.24. The van der Waals surface area contributed by atoms with E-state index in [-0.39, 0.29) is 11.3 Å². The van der Waals surface area contributed by atoms with Gasteiger partial charge in [0.05, 0.1) is 11.6 Å². The number of Topliss-reactive ketones (excluding diaryl/α,β-unsaturated/α-hetero) is 1. The van der Waals surface area contributed by atoms with Crippen LogP contribution in [0.3, 0.4) is 0 Å². The molecule has 1 atom stereocenters. The van der Waals surface area contributed by atoms with Gasteiger partial charge in [0.25, 0.3) is 11.7 Å². The summed E-state index contributed by atoms with van der Waals surface area (Å²) in [6.45, 7) is 7.74. The van der Waals surface area contributed by atoms with Gasteiger partial charge < -0.3 is 14.9 Å². The van der Waals surface area contributed by atoms with E-state index in [0.29, 0.717) is 22.7 Å². The first-order chi connectivity index (χ1) is 16.5. The van der Waals surface area contributed by atoms with E-state index in [1.165, 1.54) is 0 Å². The lowest BCUT2D eigenvalue weighted by molar-refractivity contribution is -0.140. The Morgan fingerprint density at radius 2 is 1.68 bits per heavy atom. The summed E-state index contributed by atoms with van der Waals surface area (Å²) >= 11 is 5.98. The number of rotatable bonds is 12. The number of aliphatic hydroxyl groups is 1. The van der Waals surface area contributed by atoms with E-state index in [4.69, 9.17) is 11.6 Å². The molecule has 1 aromatic heterocycles. The smallest absolute Gasteiger partial charge is 0.295 e. The van der Waals surface area contributed by atoms with Gasteiger partial charge in [-0.2, -0.15) is 0 Å². The van der Waals surface area contributed by atoms with Crippen LogP contribution in [0.2, 0.25) is 5.02 Å². The maximum absolute atomic E-state index is 13.1. The molecule has 0 radical (unpaired) electrons. The van der Waals surface area contributed by atoms with E-state index >= 15 is 0 Å². The Hall–Kier alpha value is -2.70. The average molecular weight is 484 g/mol. The van der Waals surface area contributed by atoms with Crippen molar-refractivity contribution in [1.29, 1.82) is 0 Å². The standard InChI is InChI=1S/C27H34ClN3O3/c1-3-5-15-30(16-6-4-2)17-8-18-31-24(21-9-7-14-29-19-21)23(26(33)27(31)34)25(32)20-10-12-22(28)13-11-20/h7,9-14,19,24,32H,3-6,8,15-18H2,1-2H3. The lowest BCUT2D eigenvalue weighted by Crippen LogP contribution is -2.34. The minimum absolute atomic E-state index is 0.0918. The molecule has 34 heavy (non-hydrogen) atoms. The zero-order valence-corrected chi connectivity index (χ0v) is 20.8. The summed E-state index contributed by atoms with van der Waals surface area (Å²) < 4.78 is 0. The van der Waals surface area contributed by atoms with Crippen molar-refractivity contribution in [1.82, 2.24) is 14.8 Å². The van der Waals surface area contributed by atoms with Gasteiger partial charge in [0, 0.05) is 29.5 Å². The third-order valence-electron chi connectivity index (χ3n) is 6.19. The van der Waals surface area contributed by atoms with Crippen LogP contribution in [0.1, 0.15) is 63.1 Å². The second kappa shape index (κ2) is 12.7. The van der Waals surface area contributed by atoms with Crippen molar-refractivity contribution in [3.05, 3.63) is 70.5 Å². The first-order valence-electron chi connectivity index (χ1n) is 12.1. The van der Waals surface area contributed by atoms with Gasteiger partial charge in [0.1, 0.15) is 5.76 Å². The predicted molar refractivity (Wildman–Crippen MR) is 136 cm³/mol. The molecule has 0 bridgehead atoms. The van der Waals surface area contributed by atoms with Crippen LogP contribution in [-0.4, -0.2) is 57.8 Å². The van der Waals surface area contributed by atoms with Gasteiger partial charge in [-0.3, -0.25) is 14.6 Å². The van der Waals surface area contributed by atoms with Gasteiger partial charge in [0.15, 0.2) is 0 Å². The van der Waals surface area contributed by atoms with Crippen LogP contribution in [-0.2, 0) is 9.59 Å². The van der Waals surface area contributed by atoms with Crippen LogP contribution in [0.4, 0.5) is 0 Å². The molecule has 1 saturated heterocycles. The Kier molecular flexibility index (Phi) is 9.66. The Balaban J connectivity index is 1.87. The Labute approximate surface area is 207 Å². The van der Waals surface area contributed by atoms with Crippen molar-refractivity contribution in [2.75, 3.05) is 26.2 Å². The minimum atomic E-state index is -0.677. The number of benzene rings is 1. The molecule has 1 N–H and O–H groups in total. The zero-order valence-electron chi connectivity index (χ0n) is 20.0. The van der Waals surface area contributed by atoms with E-state index in [2.05, 4.69) is 23.7 Å². The summed E-state index contributed by atoms with van der Waals surface area (Å²) in [6.07, 6.45) is 8.61. The summed E-state index contributed by atoms with van der Waals surface area (Å²) in [7, 11) is 0. The molecule has 6 nitrogen and oxygen atoms in total. The van der Waals surface area contributed by atoms with Crippen molar-refractivity contribution < 1.29 is 14.7 Å². The Morgan fingerprint density at radius 1 is 1.03 bits per heavy atom. The lowest BCUT2D eigenvalue weighted by atomic mass is 9.96. The summed E-state index contributed by atoms with van der Waals surface area (Å²) in [4.78, 5) is 34.4. The van der Waals surface area contributed by atoms with Crippen LogP contribution in [0.25, 0.3) is 5.76 Å². The molecule has 0 spiro atoms. The highest BCUT2D eigenvalue weighted by Gasteiger charge is 2.45. The van der Waals surface area contributed by atoms with Crippen molar-refractivity contribution in [3.8, 4) is 0 Å². The second-order valence-electron chi connectivity index (χ2n) is 8.69. The molecule has 0 saturated carbocycles. The normalized spacial score (nSPS) is 17.6. The van der Waals surface area contributed by atoms with Crippen LogP contribution in [0.15, 0.2) is 54.4 Å². The molecule has 1 fully saturated rings. The number of nitrogens with zero attached hydrogens (tertiary/aromatic N) is 3. The minimum Gasteiger partial charge on any atom is -0.507 e. The number of aromatic nitrogens is 1. The van der Waals surface area contributed by atoms with E-state index < -0.39 is 17.7 Å². The maximum atomic E-state index is 13.1. The molecule has 7 heteroatoms. The van der Waals surface area contributed by atoms with Crippen molar-refractivity contribution in [2.24, 2.45) is 0 Å². The molecule has 1 amide bonds.